The van der Waals surface area contributed by atoms with Gasteiger partial charge >= 0.3 is 0 Å². The van der Waals surface area contributed by atoms with E-state index in [1.165, 1.54) is 6.07 Å². The zero-order chi connectivity index (χ0) is 13.1. The number of halogens is 2. The van der Waals surface area contributed by atoms with Crippen molar-refractivity contribution in [1.82, 2.24) is 0 Å². The van der Waals surface area contributed by atoms with Gasteiger partial charge in [-0.3, -0.25) is 0 Å². The van der Waals surface area contributed by atoms with Gasteiger partial charge in [0, 0.05) is 29.5 Å². The molecule has 0 amide bonds. The summed E-state index contributed by atoms with van der Waals surface area (Å²) < 4.78 is 19.2. The van der Waals surface area contributed by atoms with E-state index in [4.69, 9.17) is 16.3 Å². The van der Waals surface area contributed by atoms with E-state index in [0.29, 0.717) is 17.2 Å². The SMILES string of the molecule is CCC1OCCC1C(O)Cc1c(F)cccc1Cl. The van der Waals surface area contributed by atoms with E-state index in [1.54, 1.807) is 12.1 Å². The van der Waals surface area contributed by atoms with Gasteiger partial charge in [-0.2, -0.15) is 0 Å². The maximum absolute atomic E-state index is 13.6. The molecule has 1 heterocycles. The molecule has 2 rings (SSSR count). The maximum Gasteiger partial charge on any atom is 0.127 e. The summed E-state index contributed by atoms with van der Waals surface area (Å²) in [5.41, 5.74) is 0.397. The number of hydrogen-bond acceptors (Lipinski definition) is 2. The Morgan fingerprint density at radius 3 is 3.00 bits per heavy atom. The third-order valence-electron chi connectivity index (χ3n) is 3.63. The molecule has 18 heavy (non-hydrogen) atoms. The van der Waals surface area contributed by atoms with Crippen LogP contribution in [0, 0.1) is 11.7 Å². The molecule has 0 bridgehead atoms. The molecule has 100 valence electrons. The molecule has 1 saturated heterocycles. The van der Waals surface area contributed by atoms with Crippen LogP contribution in [0.3, 0.4) is 0 Å². The molecule has 0 aliphatic carbocycles. The van der Waals surface area contributed by atoms with Crippen LogP contribution in [-0.2, 0) is 11.2 Å². The van der Waals surface area contributed by atoms with Gasteiger partial charge in [-0.15, -0.1) is 0 Å². The standard InChI is InChI=1S/C14H18ClFO2/c1-2-14-9(6-7-18-14)13(17)8-10-11(15)4-3-5-12(10)16/h3-5,9,13-14,17H,2,6-8H2,1H3. The van der Waals surface area contributed by atoms with Gasteiger partial charge in [0.05, 0.1) is 12.2 Å². The zero-order valence-electron chi connectivity index (χ0n) is 10.4. The van der Waals surface area contributed by atoms with Crippen LogP contribution in [0.15, 0.2) is 18.2 Å². The van der Waals surface area contributed by atoms with E-state index in [0.717, 1.165) is 12.8 Å². The fourth-order valence-corrected chi connectivity index (χ4v) is 2.85. The number of rotatable bonds is 4. The molecule has 0 spiro atoms. The molecular weight excluding hydrogens is 255 g/mol. The molecule has 0 radical (unpaired) electrons. The minimum atomic E-state index is -0.605. The Morgan fingerprint density at radius 2 is 2.33 bits per heavy atom. The highest BCUT2D eigenvalue weighted by atomic mass is 35.5. The van der Waals surface area contributed by atoms with Crippen molar-refractivity contribution in [1.29, 1.82) is 0 Å². The lowest BCUT2D eigenvalue weighted by Crippen LogP contribution is -2.30. The molecule has 1 aliphatic heterocycles. The summed E-state index contributed by atoms with van der Waals surface area (Å²) in [7, 11) is 0. The van der Waals surface area contributed by atoms with Crippen LogP contribution in [0.1, 0.15) is 25.3 Å². The Hall–Kier alpha value is -0.640. The second-order valence-corrected chi connectivity index (χ2v) is 5.15. The second kappa shape index (κ2) is 6.00. The zero-order valence-corrected chi connectivity index (χ0v) is 11.2. The van der Waals surface area contributed by atoms with E-state index >= 15 is 0 Å². The van der Waals surface area contributed by atoms with Crippen molar-refractivity contribution < 1.29 is 14.2 Å². The number of hydrogen-bond donors (Lipinski definition) is 1. The molecule has 3 atom stereocenters. The lowest BCUT2D eigenvalue weighted by molar-refractivity contribution is 0.0314. The van der Waals surface area contributed by atoms with E-state index in [9.17, 15) is 9.50 Å². The monoisotopic (exact) mass is 272 g/mol. The summed E-state index contributed by atoms with van der Waals surface area (Å²) in [6.45, 7) is 2.71. The van der Waals surface area contributed by atoms with Crippen molar-refractivity contribution in [3.05, 3.63) is 34.6 Å². The van der Waals surface area contributed by atoms with Gasteiger partial charge in [0.25, 0.3) is 0 Å². The van der Waals surface area contributed by atoms with E-state index < -0.39 is 6.10 Å². The quantitative estimate of drug-likeness (QED) is 0.912. The molecule has 0 aromatic heterocycles. The molecule has 1 N–H and O–H groups in total. The topological polar surface area (TPSA) is 29.5 Å². The summed E-state index contributed by atoms with van der Waals surface area (Å²) in [5.74, 6) is -0.279. The van der Waals surface area contributed by atoms with Crippen molar-refractivity contribution in [2.75, 3.05) is 6.61 Å². The molecule has 1 aliphatic rings. The van der Waals surface area contributed by atoms with Gasteiger partial charge in [-0.25, -0.2) is 4.39 Å². The third kappa shape index (κ3) is 2.85. The number of aliphatic hydroxyl groups is 1. The Labute approximate surface area is 112 Å². The van der Waals surface area contributed by atoms with Crippen LogP contribution in [-0.4, -0.2) is 23.9 Å². The first-order chi connectivity index (χ1) is 8.63. The van der Waals surface area contributed by atoms with Gasteiger partial charge in [0.15, 0.2) is 0 Å². The third-order valence-corrected chi connectivity index (χ3v) is 3.99. The lowest BCUT2D eigenvalue weighted by Gasteiger charge is -2.23. The first-order valence-electron chi connectivity index (χ1n) is 6.36. The van der Waals surface area contributed by atoms with Crippen LogP contribution in [0.25, 0.3) is 0 Å². The normalized spacial score (nSPS) is 25.3. The molecule has 1 aromatic rings. The Kier molecular flexibility index (Phi) is 4.60. The fraction of sp³-hybridized carbons (Fsp3) is 0.571. The first-order valence-corrected chi connectivity index (χ1v) is 6.73. The summed E-state index contributed by atoms with van der Waals surface area (Å²) in [5, 5.41) is 10.6. The van der Waals surface area contributed by atoms with Crippen LogP contribution in [0.2, 0.25) is 5.02 Å². The minimum Gasteiger partial charge on any atom is -0.392 e. The van der Waals surface area contributed by atoms with Crippen LogP contribution in [0.5, 0.6) is 0 Å². The average molecular weight is 273 g/mol. The van der Waals surface area contributed by atoms with Crippen LogP contribution in [0.4, 0.5) is 4.39 Å². The summed E-state index contributed by atoms with van der Waals surface area (Å²) in [6, 6.07) is 4.59. The molecule has 0 saturated carbocycles. The van der Waals surface area contributed by atoms with Crippen molar-refractivity contribution in [2.24, 2.45) is 5.92 Å². The predicted octanol–water partition coefficient (Wildman–Crippen LogP) is 3.20. The van der Waals surface area contributed by atoms with Gasteiger partial charge in [0.1, 0.15) is 5.82 Å². The number of benzene rings is 1. The molecular formula is C14H18ClFO2. The first kappa shape index (κ1) is 13.8. The Bertz CT molecular complexity index is 391. The summed E-state index contributed by atoms with van der Waals surface area (Å²) >= 11 is 5.97. The second-order valence-electron chi connectivity index (χ2n) is 4.74. The molecule has 1 fully saturated rings. The van der Waals surface area contributed by atoms with Crippen LogP contribution >= 0.6 is 11.6 Å². The van der Waals surface area contributed by atoms with E-state index in [2.05, 4.69) is 0 Å². The van der Waals surface area contributed by atoms with Gasteiger partial charge in [-0.05, 0) is 25.0 Å². The molecule has 2 nitrogen and oxygen atoms in total. The largest absolute Gasteiger partial charge is 0.392 e. The van der Waals surface area contributed by atoms with Crippen molar-refractivity contribution in [3.8, 4) is 0 Å². The molecule has 3 unspecified atom stereocenters. The van der Waals surface area contributed by atoms with Crippen molar-refractivity contribution in [3.63, 3.8) is 0 Å². The van der Waals surface area contributed by atoms with Gasteiger partial charge in [0.2, 0.25) is 0 Å². The summed E-state index contributed by atoms with van der Waals surface area (Å²) in [6.07, 6.45) is 1.41. The van der Waals surface area contributed by atoms with E-state index in [1.807, 2.05) is 6.92 Å². The summed E-state index contributed by atoms with van der Waals surface area (Å²) in [4.78, 5) is 0. The number of aliphatic hydroxyl groups excluding tert-OH is 1. The Balaban J connectivity index is 2.09. The number of ether oxygens (including phenoxy) is 1. The fourth-order valence-electron chi connectivity index (χ4n) is 2.61. The van der Waals surface area contributed by atoms with E-state index in [-0.39, 0.29) is 24.3 Å². The predicted molar refractivity (Wildman–Crippen MR) is 69.3 cm³/mol. The highest BCUT2D eigenvalue weighted by Crippen LogP contribution is 2.30. The lowest BCUT2D eigenvalue weighted by atomic mass is 9.89. The Morgan fingerprint density at radius 1 is 1.56 bits per heavy atom. The van der Waals surface area contributed by atoms with Gasteiger partial charge < -0.3 is 9.84 Å². The average Bonchev–Trinajstić information content (AvgIpc) is 2.82. The molecule has 1 aromatic carbocycles. The highest BCUT2D eigenvalue weighted by molar-refractivity contribution is 6.31. The van der Waals surface area contributed by atoms with Gasteiger partial charge in [-0.1, -0.05) is 24.6 Å². The minimum absolute atomic E-state index is 0.0746. The molecule has 4 heteroatoms. The van der Waals surface area contributed by atoms with Crippen molar-refractivity contribution in [2.45, 2.75) is 38.4 Å². The smallest absolute Gasteiger partial charge is 0.127 e. The van der Waals surface area contributed by atoms with Crippen LogP contribution < -0.4 is 0 Å². The maximum atomic E-state index is 13.6. The van der Waals surface area contributed by atoms with Crippen molar-refractivity contribution >= 4 is 11.6 Å². The highest BCUT2D eigenvalue weighted by Gasteiger charge is 2.33.